The Morgan fingerprint density at radius 2 is 1.89 bits per heavy atom. The summed E-state index contributed by atoms with van der Waals surface area (Å²) in [6.07, 6.45) is 0.288. The summed E-state index contributed by atoms with van der Waals surface area (Å²) in [7, 11) is 1.55. The van der Waals surface area contributed by atoms with Gasteiger partial charge < -0.3 is 25.0 Å². The Balaban J connectivity index is 1.40. The third-order valence-electron chi connectivity index (χ3n) is 5.90. The second-order valence-electron chi connectivity index (χ2n) is 8.33. The number of morpholine rings is 1. The van der Waals surface area contributed by atoms with E-state index in [2.05, 4.69) is 20.6 Å². The van der Waals surface area contributed by atoms with Crippen molar-refractivity contribution in [1.82, 2.24) is 9.97 Å². The van der Waals surface area contributed by atoms with E-state index in [-0.39, 0.29) is 30.2 Å². The lowest BCUT2D eigenvalue weighted by atomic mass is 10.1. The lowest BCUT2D eigenvalue weighted by Gasteiger charge is -2.27. The van der Waals surface area contributed by atoms with Crippen LogP contribution in [-0.4, -0.2) is 55.2 Å². The molecule has 10 nitrogen and oxygen atoms in total. The maximum atomic E-state index is 12.9. The quantitative estimate of drug-likeness (QED) is 0.442. The van der Waals surface area contributed by atoms with Crippen molar-refractivity contribution in [3.8, 4) is 5.75 Å². The van der Waals surface area contributed by atoms with Crippen LogP contribution >= 0.6 is 0 Å². The van der Waals surface area contributed by atoms with E-state index in [0.717, 1.165) is 0 Å². The Hall–Kier alpha value is -4.18. The summed E-state index contributed by atoms with van der Waals surface area (Å²) in [6.45, 7) is 4.27. The zero-order valence-electron chi connectivity index (χ0n) is 20.3. The van der Waals surface area contributed by atoms with E-state index in [1.165, 1.54) is 0 Å². The molecular weight excluding hydrogens is 462 g/mol. The van der Waals surface area contributed by atoms with Crippen molar-refractivity contribution in [2.24, 2.45) is 0 Å². The van der Waals surface area contributed by atoms with Gasteiger partial charge in [0.1, 0.15) is 5.75 Å². The summed E-state index contributed by atoms with van der Waals surface area (Å²) < 4.78 is 10.5. The predicted octanol–water partition coefficient (Wildman–Crippen LogP) is 2.75. The van der Waals surface area contributed by atoms with Crippen LogP contribution in [0.4, 0.5) is 17.3 Å². The van der Waals surface area contributed by atoms with Crippen LogP contribution in [0.1, 0.15) is 28.0 Å². The highest BCUT2D eigenvalue weighted by Gasteiger charge is 2.18. The van der Waals surface area contributed by atoms with E-state index in [1.807, 2.05) is 4.90 Å². The Kier molecular flexibility index (Phi) is 7.96. The predicted molar refractivity (Wildman–Crippen MR) is 137 cm³/mol. The smallest absolute Gasteiger partial charge is 0.257 e. The third kappa shape index (κ3) is 6.08. The number of carbonyl (C=O) groups excluding carboxylic acids is 2. The second kappa shape index (κ2) is 11.5. The molecule has 0 unspecified atom stereocenters. The molecule has 0 spiro atoms. The molecule has 0 radical (unpaired) electrons. The van der Waals surface area contributed by atoms with Crippen LogP contribution < -0.4 is 25.8 Å². The SMILES string of the molecule is COc1cccc(NC(=O)c2ccccc2NC(=O)CCc2c(C)nc(N3CCOCC3)[nH]c2=O)c1. The van der Waals surface area contributed by atoms with Gasteiger partial charge in [-0.15, -0.1) is 0 Å². The van der Waals surface area contributed by atoms with E-state index in [9.17, 15) is 14.4 Å². The van der Waals surface area contributed by atoms with Crippen molar-refractivity contribution >= 4 is 29.1 Å². The average Bonchev–Trinajstić information content (AvgIpc) is 2.89. The molecule has 1 aromatic heterocycles. The standard InChI is InChI=1S/C26H29N5O5/c1-17-20(24(33)30-26(27-17)31-12-14-36-15-13-31)10-11-23(32)29-22-9-4-3-8-21(22)25(34)28-18-6-5-7-19(16-18)35-2/h3-9,16H,10-15H2,1-2H3,(H,28,34)(H,29,32)(H,27,30,33). The van der Waals surface area contributed by atoms with Gasteiger partial charge in [-0.2, -0.15) is 0 Å². The molecule has 0 aliphatic carbocycles. The second-order valence-corrected chi connectivity index (χ2v) is 8.33. The van der Waals surface area contributed by atoms with Crippen molar-refractivity contribution in [3.63, 3.8) is 0 Å². The molecular formula is C26H29N5O5. The number of aromatic nitrogens is 2. The number of aryl methyl sites for hydroxylation is 1. The third-order valence-corrected chi connectivity index (χ3v) is 5.90. The Labute approximate surface area is 208 Å². The van der Waals surface area contributed by atoms with E-state index in [4.69, 9.17) is 9.47 Å². The molecule has 3 N–H and O–H groups in total. The van der Waals surface area contributed by atoms with Gasteiger partial charge in [0, 0.05) is 42.5 Å². The number of nitrogens with one attached hydrogen (secondary N) is 3. The van der Waals surface area contributed by atoms with Crippen molar-refractivity contribution in [3.05, 3.63) is 75.7 Å². The highest BCUT2D eigenvalue weighted by Crippen LogP contribution is 2.21. The number of hydrogen-bond acceptors (Lipinski definition) is 7. The van der Waals surface area contributed by atoms with Crippen LogP contribution in [0.2, 0.25) is 0 Å². The van der Waals surface area contributed by atoms with Gasteiger partial charge >= 0.3 is 0 Å². The highest BCUT2D eigenvalue weighted by molar-refractivity contribution is 6.10. The number of ether oxygens (including phenoxy) is 2. The summed E-state index contributed by atoms with van der Waals surface area (Å²) in [5.41, 5.74) is 2.07. The summed E-state index contributed by atoms with van der Waals surface area (Å²) in [5.74, 6) is 0.458. The number of anilines is 3. The van der Waals surface area contributed by atoms with Crippen LogP contribution in [0, 0.1) is 6.92 Å². The average molecular weight is 492 g/mol. The minimum absolute atomic E-state index is 0.0638. The Bertz CT molecular complexity index is 1300. The monoisotopic (exact) mass is 491 g/mol. The van der Waals surface area contributed by atoms with Gasteiger partial charge in [0.15, 0.2) is 0 Å². The molecule has 1 aliphatic rings. The number of carbonyl (C=O) groups is 2. The van der Waals surface area contributed by atoms with E-state index >= 15 is 0 Å². The number of aromatic amines is 1. The zero-order valence-corrected chi connectivity index (χ0v) is 20.3. The molecule has 3 aromatic rings. The fourth-order valence-electron chi connectivity index (χ4n) is 3.96. The van der Waals surface area contributed by atoms with E-state index < -0.39 is 0 Å². The van der Waals surface area contributed by atoms with Crippen LogP contribution in [0.15, 0.2) is 53.3 Å². The molecule has 0 bridgehead atoms. The molecule has 1 fully saturated rings. The first-order valence-corrected chi connectivity index (χ1v) is 11.7. The first-order chi connectivity index (χ1) is 17.4. The van der Waals surface area contributed by atoms with Crippen LogP contribution in [0.5, 0.6) is 5.75 Å². The van der Waals surface area contributed by atoms with Gasteiger partial charge in [-0.25, -0.2) is 4.98 Å². The minimum Gasteiger partial charge on any atom is -0.497 e. The number of rotatable bonds is 8. The lowest BCUT2D eigenvalue weighted by Crippen LogP contribution is -2.38. The normalized spacial score (nSPS) is 13.2. The number of H-pyrrole nitrogens is 1. The molecule has 4 rings (SSSR count). The van der Waals surface area contributed by atoms with Crippen molar-refractivity contribution in [1.29, 1.82) is 0 Å². The topological polar surface area (TPSA) is 126 Å². The number of benzene rings is 2. The largest absolute Gasteiger partial charge is 0.497 e. The molecule has 10 heteroatoms. The first kappa shape index (κ1) is 24.9. The fraction of sp³-hybridized carbons (Fsp3) is 0.308. The van der Waals surface area contributed by atoms with Crippen molar-refractivity contribution in [2.75, 3.05) is 48.9 Å². The number of amides is 2. The number of hydrogen-bond donors (Lipinski definition) is 3. The molecule has 1 aliphatic heterocycles. The number of para-hydroxylation sites is 1. The minimum atomic E-state index is -0.366. The molecule has 0 atom stereocenters. The van der Waals surface area contributed by atoms with Gasteiger partial charge in [0.2, 0.25) is 11.9 Å². The van der Waals surface area contributed by atoms with Gasteiger partial charge in [0.25, 0.3) is 11.5 Å². The van der Waals surface area contributed by atoms with E-state index in [0.29, 0.717) is 66.2 Å². The lowest BCUT2D eigenvalue weighted by molar-refractivity contribution is -0.116. The molecule has 2 aromatic carbocycles. The summed E-state index contributed by atoms with van der Waals surface area (Å²) in [4.78, 5) is 47.6. The van der Waals surface area contributed by atoms with Crippen molar-refractivity contribution in [2.45, 2.75) is 19.8 Å². The van der Waals surface area contributed by atoms with Crippen LogP contribution in [-0.2, 0) is 16.0 Å². The van der Waals surface area contributed by atoms with Gasteiger partial charge in [-0.3, -0.25) is 19.4 Å². The summed E-state index contributed by atoms with van der Waals surface area (Å²) in [6, 6.07) is 13.8. The summed E-state index contributed by atoms with van der Waals surface area (Å²) >= 11 is 0. The van der Waals surface area contributed by atoms with Gasteiger partial charge in [-0.05, 0) is 37.6 Å². The molecule has 36 heavy (non-hydrogen) atoms. The molecule has 1 saturated heterocycles. The molecule has 0 saturated carbocycles. The summed E-state index contributed by atoms with van der Waals surface area (Å²) in [5, 5.41) is 5.61. The van der Waals surface area contributed by atoms with E-state index in [1.54, 1.807) is 62.6 Å². The van der Waals surface area contributed by atoms with Gasteiger partial charge in [0.05, 0.1) is 31.6 Å². The molecule has 188 valence electrons. The maximum Gasteiger partial charge on any atom is 0.257 e. The molecule has 2 amide bonds. The van der Waals surface area contributed by atoms with Gasteiger partial charge in [-0.1, -0.05) is 18.2 Å². The number of nitrogens with zero attached hydrogens (tertiary/aromatic N) is 2. The fourth-order valence-corrected chi connectivity index (χ4v) is 3.96. The highest BCUT2D eigenvalue weighted by atomic mass is 16.5. The molecule has 2 heterocycles. The first-order valence-electron chi connectivity index (χ1n) is 11.7. The van der Waals surface area contributed by atoms with Crippen molar-refractivity contribution < 1.29 is 19.1 Å². The van der Waals surface area contributed by atoms with Crippen LogP contribution in [0.3, 0.4) is 0 Å². The Morgan fingerprint density at radius 3 is 2.64 bits per heavy atom. The zero-order chi connectivity index (χ0) is 25.5. The Morgan fingerprint density at radius 1 is 1.11 bits per heavy atom. The van der Waals surface area contributed by atoms with Crippen LogP contribution in [0.25, 0.3) is 0 Å². The number of methoxy groups -OCH3 is 1. The maximum absolute atomic E-state index is 12.9.